The highest BCUT2D eigenvalue weighted by Crippen LogP contribution is 2.11. The Kier molecular flexibility index (Phi) is 31.8. The zero-order valence-electron chi connectivity index (χ0n) is 23.2. The summed E-state index contributed by atoms with van der Waals surface area (Å²) in [7, 11) is 0. The fourth-order valence-corrected chi connectivity index (χ4v) is 4.43. The lowest BCUT2D eigenvalue weighted by Gasteiger charge is -2.07. The maximum absolute atomic E-state index is 5.77. The predicted molar refractivity (Wildman–Crippen MR) is 149 cm³/mol. The molecular formula is C30H64N2O. The van der Waals surface area contributed by atoms with Crippen molar-refractivity contribution in [1.29, 1.82) is 0 Å². The van der Waals surface area contributed by atoms with Gasteiger partial charge in [0.05, 0.1) is 0 Å². The molecule has 0 unspecified atom stereocenters. The van der Waals surface area contributed by atoms with Crippen molar-refractivity contribution in [2.24, 2.45) is 0 Å². The lowest BCUT2D eigenvalue weighted by molar-refractivity contribution is 0.129. The van der Waals surface area contributed by atoms with E-state index in [4.69, 9.17) is 4.74 Å². The van der Waals surface area contributed by atoms with E-state index < -0.39 is 0 Å². The lowest BCUT2D eigenvalue weighted by Crippen LogP contribution is -2.19. The molecule has 2 N–H and O–H groups in total. The SMILES string of the molecule is CCCCCCCCCCCCNCCCOCCCNCCCCCCCCCCCC. The average molecular weight is 469 g/mol. The van der Waals surface area contributed by atoms with Gasteiger partial charge < -0.3 is 15.4 Å². The standard InChI is InChI=1S/C30H64N2O/c1-3-5-7-9-11-13-15-17-19-21-25-31-27-23-29-33-30-24-28-32-26-22-20-18-16-14-12-10-8-6-4-2/h31-32H,3-30H2,1-2H3. The minimum atomic E-state index is 0.906. The van der Waals surface area contributed by atoms with Gasteiger partial charge in [0, 0.05) is 13.2 Å². The number of rotatable bonds is 30. The maximum Gasteiger partial charge on any atom is 0.0478 e. The Morgan fingerprint density at radius 3 is 0.939 bits per heavy atom. The van der Waals surface area contributed by atoms with Crippen LogP contribution in [0.4, 0.5) is 0 Å². The first-order chi connectivity index (χ1) is 16.4. The van der Waals surface area contributed by atoms with Gasteiger partial charge in [0.15, 0.2) is 0 Å². The second-order valence-corrected chi connectivity index (χ2v) is 10.2. The first-order valence-electron chi connectivity index (χ1n) is 15.4. The molecule has 3 nitrogen and oxygen atoms in total. The van der Waals surface area contributed by atoms with Crippen LogP contribution >= 0.6 is 0 Å². The van der Waals surface area contributed by atoms with Gasteiger partial charge >= 0.3 is 0 Å². The van der Waals surface area contributed by atoms with E-state index in [0.29, 0.717) is 0 Å². The van der Waals surface area contributed by atoms with Crippen LogP contribution in [0.15, 0.2) is 0 Å². The van der Waals surface area contributed by atoms with Gasteiger partial charge in [-0.2, -0.15) is 0 Å². The fraction of sp³-hybridized carbons (Fsp3) is 1.00. The quantitative estimate of drug-likeness (QED) is 0.103. The molecule has 0 heterocycles. The molecule has 0 aromatic heterocycles. The van der Waals surface area contributed by atoms with Crippen molar-refractivity contribution < 1.29 is 4.74 Å². The van der Waals surface area contributed by atoms with E-state index in [2.05, 4.69) is 24.5 Å². The summed E-state index contributed by atoms with van der Waals surface area (Å²) in [5.74, 6) is 0. The highest BCUT2D eigenvalue weighted by molar-refractivity contribution is 4.53. The highest BCUT2D eigenvalue weighted by Gasteiger charge is 1.95. The van der Waals surface area contributed by atoms with E-state index in [1.807, 2.05) is 0 Å². The van der Waals surface area contributed by atoms with Crippen LogP contribution in [-0.2, 0) is 4.74 Å². The summed E-state index contributed by atoms with van der Waals surface area (Å²) >= 11 is 0. The first kappa shape index (κ1) is 32.9. The number of ether oxygens (including phenoxy) is 1. The molecule has 0 amide bonds. The first-order valence-corrected chi connectivity index (χ1v) is 15.4. The Morgan fingerprint density at radius 1 is 0.333 bits per heavy atom. The van der Waals surface area contributed by atoms with Crippen molar-refractivity contribution in [3.8, 4) is 0 Å². The summed E-state index contributed by atoms with van der Waals surface area (Å²) in [6.45, 7) is 11.0. The predicted octanol–water partition coefficient (Wildman–Crippen LogP) is 8.80. The third-order valence-corrected chi connectivity index (χ3v) is 6.70. The highest BCUT2D eigenvalue weighted by atomic mass is 16.5. The number of nitrogens with one attached hydrogen (secondary N) is 2. The van der Waals surface area contributed by atoms with Crippen molar-refractivity contribution in [3.05, 3.63) is 0 Å². The van der Waals surface area contributed by atoms with Crippen LogP contribution in [0.2, 0.25) is 0 Å². The Bertz CT molecular complexity index is 294. The van der Waals surface area contributed by atoms with E-state index in [0.717, 1.165) is 39.1 Å². The number of hydrogen-bond acceptors (Lipinski definition) is 3. The zero-order valence-corrected chi connectivity index (χ0v) is 23.2. The van der Waals surface area contributed by atoms with Crippen LogP contribution in [0.5, 0.6) is 0 Å². The molecule has 0 bridgehead atoms. The molecule has 33 heavy (non-hydrogen) atoms. The molecule has 0 aliphatic carbocycles. The molecule has 0 spiro atoms. The summed E-state index contributed by atoms with van der Waals surface area (Å²) in [6.07, 6.45) is 30.6. The second-order valence-electron chi connectivity index (χ2n) is 10.2. The van der Waals surface area contributed by atoms with Crippen LogP contribution in [-0.4, -0.2) is 39.4 Å². The largest absolute Gasteiger partial charge is 0.381 e. The molecule has 0 aliphatic rings. The van der Waals surface area contributed by atoms with Gasteiger partial charge in [-0.3, -0.25) is 0 Å². The maximum atomic E-state index is 5.77. The van der Waals surface area contributed by atoms with Gasteiger partial charge in [-0.25, -0.2) is 0 Å². The molecule has 0 atom stereocenters. The molecule has 0 radical (unpaired) electrons. The normalized spacial score (nSPS) is 11.5. The molecule has 0 rings (SSSR count). The zero-order chi connectivity index (χ0) is 23.9. The summed E-state index contributed by atoms with van der Waals surface area (Å²) in [6, 6.07) is 0. The van der Waals surface area contributed by atoms with E-state index in [1.54, 1.807) is 0 Å². The molecule has 0 aliphatic heterocycles. The molecule has 200 valence electrons. The van der Waals surface area contributed by atoms with Crippen molar-refractivity contribution in [2.75, 3.05) is 39.4 Å². The van der Waals surface area contributed by atoms with Gasteiger partial charge in [-0.05, 0) is 51.9 Å². The van der Waals surface area contributed by atoms with Gasteiger partial charge in [0.1, 0.15) is 0 Å². The van der Waals surface area contributed by atoms with E-state index in [9.17, 15) is 0 Å². The van der Waals surface area contributed by atoms with Crippen LogP contribution < -0.4 is 10.6 Å². The molecule has 0 aromatic carbocycles. The molecule has 0 aromatic rings. The van der Waals surface area contributed by atoms with Crippen LogP contribution in [0.3, 0.4) is 0 Å². The molecule has 0 fully saturated rings. The molecule has 0 saturated heterocycles. The van der Waals surface area contributed by atoms with Gasteiger partial charge in [0.2, 0.25) is 0 Å². The number of unbranched alkanes of at least 4 members (excludes halogenated alkanes) is 18. The topological polar surface area (TPSA) is 33.3 Å². The summed E-state index contributed by atoms with van der Waals surface area (Å²) in [4.78, 5) is 0. The van der Waals surface area contributed by atoms with Gasteiger partial charge in [-0.15, -0.1) is 0 Å². The molecular weight excluding hydrogens is 404 g/mol. The minimum Gasteiger partial charge on any atom is -0.381 e. The van der Waals surface area contributed by atoms with Crippen molar-refractivity contribution in [2.45, 2.75) is 155 Å². The second kappa shape index (κ2) is 31.9. The molecule has 3 heteroatoms. The van der Waals surface area contributed by atoms with Crippen molar-refractivity contribution >= 4 is 0 Å². The summed E-state index contributed by atoms with van der Waals surface area (Å²) in [5, 5.41) is 7.15. The Labute approximate surface area is 210 Å². The molecule has 0 saturated carbocycles. The fourth-order valence-electron chi connectivity index (χ4n) is 4.43. The number of hydrogen-bond donors (Lipinski definition) is 2. The third kappa shape index (κ3) is 31.9. The Hall–Kier alpha value is -0.120. The van der Waals surface area contributed by atoms with Crippen molar-refractivity contribution in [3.63, 3.8) is 0 Å². The van der Waals surface area contributed by atoms with E-state index in [1.165, 1.54) is 142 Å². The van der Waals surface area contributed by atoms with E-state index >= 15 is 0 Å². The minimum absolute atomic E-state index is 0.906. The van der Waals surface area contributed by atoms with Crippen LogP contribution in [0, 0.1) is 0 Å². The third-order valence-electron chi connectivity index (χ3n) is 6.70. The Balaban J connectivity index is 2.99. The Morgan fingerprint density at radius 2 is 0.606 bits per heavy atom. The van der Waals surface area contributed by atoms with Gasteiger partial charge in [0.25, 0.3) is 0 Å². The van der Waals surface area contributed by atoms with Crippen molar-refractivity contribution in [1.82, 2.24) is 10.6 Å². The lowest BCUT2D eigenvalue weighted by atomic mass is 10.1. The summed E-state index contributed by atoms with van der Waals surface area (Å²) < 4.78 is 5.77. The van der Waals surface area contributed by atoms with Crippen LogP contribution in [0.1, 0.15) is 155 Å². The van der Waals surface area contributed by atoms with Gasteiger partial charge in [-0.1, -0.05) is 129 Å². The monoisotopic (exact) mass is 469 g/mol. The van der Waals surface area contributed by atoms with E-state index in [-0.39, 0.29) is 0 Å². The average Bonchev–Trinajstić information content (AvgIpc) is 2.83. The smallest absolute Gasteiger partial charge is 0.0478 e. The van der Waals surface area contributed by atoms with Crippen LogP contribution in [0.25, 0.3) is 0 Å². The summed E-state index contributed by atoms with van der Waals surface area (Å²) in [5.41, 5.74) is 0.